The number of nitrogens with one attached hydrogen (secondary N) is 3. The van der Waals surface area contributed by atoms with Crippen LogP contribution in [-0.2, 0) is 19.1 Å². The summed E-state index contributed by atoms with van der Waals surface area (Å²) in [6.45, 7) is 16.4. The zero-order chi connectivity index (χ0) is 32.2. The summed E-state index contributed by atoms with van der Waals surface area (Å²) in [6, 6.07) is 9.59. The van der Waals surface area contributed by atoms with Crippen LogP contribution in [0.3, 0.4) is 0 Å². The van der Waals surface area contributed by atoms with Gasteiger partial charge in [0.05, 0.1) is 18.1 Å². The number of amidine groups is 1. The Labute approximate surface area is 255 Å². The molecule has 1 amide bonds. The van der Waals surface area contributed by atoms with E-state index < -0.39 is 11.9 Å². The molecule has 1 heterocycles. The molecule has 1 atom stereocenters. The average molecular weight is 586 g/mol. The van der Waals surface area contributed by atoms with Gasteiger partial charge in [0.2, 0.25) is 6.41 Å². The van der Waals surface area contributed by atoms with Crippen LogP contribution in [0.15, 0.2) is 132 Å². The fraction of sp³-hybridized carbons (Fsp3) is 0.235. The van der Waals surface area contributed by atoms with Crippen molar-refractivity contribution in [2.45, 2.75) is 33.1 Å². The van der Waals surface area contributed by atoms with E-state index in [0.29, 0.717) is 40.6 Å². The number of esters is 1. The van der Waals surface area contributed by atoms with Crippen molar-refractivity contribution in [3.63, 3.8) is 0 Å². The second-order valence-corrected chi connectivity index (χ2v) is 8.79. The highest BCUT2D eigenvalue weighted by molar-refractivity contribution is 6.05. The van der Waals surface area contributed by atoms with Crippen molar-refractivity contribution >= 4 is 24.5 Å². The van der Waals surface area contributed by atoms with Crippen molar-refractivity contribution in [2.75, 3.05) is 20.7 Å². The van der Waals surface area contributed by atoms with Crippen molar-refractivity contribution in [2.24, 2.45) is 4.99 Å². The van der Waals surface area contributed by atoms with E-state index in [1.165, 1.54) is 4.90 Å². The highest BCUT2D eigenvalue weighted by Gasteiger charge is 2.39. The van der Waals surface area contributed by atoms with Gasteiger partial charge in [0.1, 0.15) is 17.9 Å². The molecule has 0 aliphatic carbocycles. The number of hydrogen-bond donors (Lipinski definition) is 3. The summed E-state index contributed by atoms with van der Waals surface area (Å²) >= 11 is 0. The minimum absolute atomic E-state index is 0.237. The smallest absolute Gasteiger partial charge is 0.336 e. The molecular weight excluding hydrogens is 542 g/mol. The Morgan fingerprint density at radius 2 is 1.79 bits per heavy atom. The molecule has 0 saturated heterocycles. The maximum Gasteiger partial charge on any atom is 0.336 e. The number of amides is 1. The summed E-state index contributed by atoms with van der Waals surface area (Å²) in [5.41, 5.74) is 9.91. The van der Waals surface area contributed by atoms with E-state index in [4.69, 9.17) is 4.74 Å². The molecule has 1 aliphatic rings. The molecule has 2 rings (SSSR count). The number of allylic oxidation sites excluding steroid dienone is 9. The number of aliphatic imine (C=N–C) groups is 1. The molecule has 228 valence electrons. The fourth-order valence-electron chi connectivity index (χ4n) is 4.29. The number of hydrogen-bond acceptors (Lipinski definition) is 7. The Kier molecular flexibility index (Phi) is 16.7. The van der Waals surface area contributed by atoms with E-state index >= 15 is 0 Å². The molecule has 0 saturated carbocycles. The quantitative estimate of drug-likeness (QED) is 0.0691. The van der Waals surface area contributed by atoms with Gasteiger partial charge in [-0.2, -0.15) is 0 Å². The van der Waals surface area contributed by atoms with Gasteiger partial charge in [-0.25, -0.2) is 10.2 Å². The number of ether oxygens (including phenoxy) is 1. The van der Waals surface area contributed by atoms with Crippen LogP contribution in [0.2, 0.25) is 0 Å². The van der Waals surface area contributed by atoms with Gasteiger partial charge in [0.15, 0.2) is 0 Å². The molecule has 9 nitrogen and oxygen atoms in total. The van der Waals surface area contributed by atoms with Crippen molar-refractivity contribution < 1.29 is 19.1 Å². The van der Waals surface area contributed by atoms with Crippen molar-refractivity contribution in [1.29, 1.82) is 0 Å². The SMILES string of the molecule is C=C/C=C(\C=C)CC=O.C=C/C=C(\C=C/C)N(C=O)C1=C(C(=NC)NNC)C(c2ccccc2)C(C(=O)OCC)=C(C)N1. The lowest BCUT2D eigenvalue weighted by molar-refractivity contribution is -0.138. The van der Waals surface area contributed by atoms with Crippen LogP contribution < -0.4 is 16.2 Å². The van der Waals surface area contributed by atoms with Gasteiger partial charge in [0.25, 0.3) is 0 Å². The van der Waals surface area contributed by atoms with Gasteiger partial charge in [0, 0.05) is 37.5 Å². The first-order chi connectivity index (χ1) is 20.8. The number of carbonyl (C=O) groups excluding carboxylic acids is 3. The van der Waals surface area contributed by atoms with E-state index in [1.54, 1.807) is 64.4 Å². The van der Waals surface area contributed by atoms with Crippen LogP contribution in [0.1, 0.15) is 38.7 Å². The zero-order valence-electron chi connectivity index (χ0n) is 25.7. The number of dihydropyridines is 1. The first-order valence-electron chi connectivity index (χ1n) is 13.7. The van der Waals surface area contributed by atoms with Gasteiger partial charge in [-0.3, -0.25) is 14.7 Å². The van der Waals surface area contributed by atoms with Crippen LogP contribution in [0.5, 0.6) is 0 Å². The van der Waals surface area contributed by atoms with Crippen molar-refractivity contribution in [3.8, 4) is 0 Å². The van der Waals surface area contributed by atoms with Crippen molar-refractivity contribution in [1.82, 2.24) is 21.1 Å². The lowest BCUT2D eigenvalue weighted by Crippen LogP contribution is -2.44. The van der Waals surface area contributed by atoms with E-state index in [1.807, 2.05) is 43.3 Å². The predicted octanol–water partition coefficient (Wildman–Crippen LogP) is 5.15. The molecule has 1 aromatic rings. The second kappa shape index (κ2) is 20.0. The molecular formula is C34H43N5O4. The monoisotopic (exact) mass is 585 g/mol. The van der Waals surface area contributed by atoms with Crippen LogP contribution in [0, 0.1) is 0 Å². The summed E-state index contributed by atoms with van der Waals surface area (Å²) in [7, 11) is 3.35. The highest BCUT2D eigenvalue weighted by atomic mass is 16.5. The van der Waals surface area contributed by atoms with Crippen molar-refractivity contribution in [3.05, 3.63) is 132 Å². The summed E-state index contributed by atoms with van der Waals surface area (Å²) in [5.74, 6) is -0.0813. The number of aldehydes is 1. The third-order valence-corrected chi connectivity index (χ3v) is 6.06. The molecule has 1 aliphatic heterocycles. The van der Waals surface area contributed by atoms with Gasteiger partial charge >= 0.3 is 5.97 Å². The average Bonchev–Trinajstić information content (AvgIpc) is 3.01. The Morgan fingerprint density at radius 1 is 1.12 bits per heavy atom. The molecule has 1 unspecified atom stereocenters. The van der Waals surface area contributed by atoms with Crippen LogP contribution >= 0.6 is 0 Å². The molecule has 0 bridgehead atoms. The Hall–Kier alpha value is -5.02. The number of hydrazine groups is 1. The summed E-state index contributed by atoms with van der Waals surface area (Å²) in [4.78, 5) is 41.4. The van der Waals surface area contributed by atoms with Gasteiger partial charge < -0.3 is 20.3 Å². The summed E-state index contributed by atoms with van der Waals surface area (Å²) < 4.78 is 5.42. The molecule has 1 aromatic carbocycles. The van der Waals surface area contributed by atoms with Gasteiger partial charge in [-0.1, -0.05) is 80.4 Å². The highest BCUT2D eigenvalue weighted by Crippen LogP contribution is 2.40. The van der Waals surface area contributed by atoms with Crippen LogP contribution in [0.25, 0.3) is 0 Å². The first-order valence-corrected chi connectivity index (χ1v) is 13.7. The Morgan fingerprint density at radius 3 is 2.28 bits per heavy atom. The predicted molar refractivity (Wildman–Crippen MR) is 174 cm³/mol. The number of carbonyl (C=O) groups is 3. The minimum Gasteiger partial charge on any atom is -0.463 e. The number of benzene rings is 1. The summed E-state index contributed by atoms with van der Waals surface area (Å²) in [5, 5.41) is 3.27. The summed E-state index contributed by atoms with van der Waals surface area (Å²) in [6.07, 6.45) is 14.0. The van der Waals surface area contributed by atoms with Gasteiger partial charge in [-0.05, 0) is 44.1 Å². The van der Waals surface area contributed by atoms with E-state index in [-0.39, 0.29) is 6.61 Å². The topological polar surface area (TPSA) is 112 Å². The maximum absolute atomic E-state index is 13.2. The third kappa shape index (κ3) is 10.1. The first kappa shape index (κ1) is 36.0. The second-order valence-electron chi connectivity index (χ2n) is 8.79. The normalized spacial score (nSPS) is 15.6. The number of rotatable bonds is 14. The van der Waals surface area contributed by atoms with Gasteiger partial charge in [-0.15, -0.1) is 0 Å². The molecule has 43 heavy (non-hydrogen) atoms. The molecule has 0 radical (unpaired) electrons. The maximum atomic E-state index is 13.2. The third-order valence-electron chi connectivity index (χ3n) is 6.06. The molecule has 3 N–H and O–H groups in total. The molecule has 9 heteroatoms. The minimum atomic E-state index is -0.561. The number of nitrogens with zero attached hydrogens (tertiary/aromatic N) is 2. The Bertz CT molecular complexity index is 1330. The lowest BCUT2D eigenvalue weighted by atomic mass is 9.80. The van der Waals surface area contributed by atoms with E-state index in [0.717, 1.165) is 23.8 Å². The molecule has 0 aromatic heterocycles. The van der Waals surface area contributed by atoms with Crippen LogP contribution in [0.4, 0.5) is 0 Å². The van der Waals surface area contributed by atoms with E-state index in [9.17, 15) is 14.4 Å². The lowest BCUT2D eigenvalue weighted by Gasteiger charge is -2.36. The fourth-order valence-corrected chi connectivity index (χ4v) is 4.29. The van der Waals surface area contributed by atoms with E-state index in [2.05, 4.69) is 40.9 Å². The largest absolute Gasteiger partial charge is 0.463 e. The Balaban J connectivity index is 0.000000887. The standard InChI is InChI=1S/C26H33N5O3.C8H10O/c1-7-13-20(14-8-2)31(17-32)25-23(24(27-5)30-28-6)22(19-15-11-10-12-16-19)21(18(4)29-25)26(33)34-9-3;1-3-5-8(4-2)6-7-9/h7-8,10-17,22,28-29H,1,9H2,2-6H3,(H,27,30);3-5,7H,1-2,6H2/b14-8-,20-13+;8-5+. The van der Waals surface area contributed by atoms with Crippen LogP contribution in [-0.4, -0.2) is 50.1 Å². The molecule has 0 fully saturated rings. The molecule has 0 spiro atoms. The zero-order valence-corrected chi connectivity index (χ0v) is 25.7.